The van der Waals surface area contributed by atoms with Crippen molar-refractivity contribution in [1.29, 1.82) is 0 Å². The average molecular weight is 451 g/mol. The van der Waals surface area contributed by atoms with Gasteiger partial charge in [0.1, 0.15) is 6.61 Å². The first-order valence-electron chi connectivity index (χ1n) is 11.4. The molecule has 2 aromatic carbocycles. The minimum atomic E-state index is -2.50. The van der Waals surface area contributed by atoms with Crippen molar-refractivity contribution in [3.05, 3.63) is 84.0 Å². The fourth-order valence-corrected chi connectivity index (χ4v) is 8.59. The van der Waals surface area contributed by atoms with Gasteiger partial charge in [-0.1, -0.05) is 98.7 Å². The molecule has 0 radical (unpaired) electrons. The van der Waals surface area contributed by atoms with Crippen LogP contribution in [0.5, 0.6) is 0 Å². The molecule has 172 valence electrons. The third-order valence-electron chi connectivity index (χ3n) is 5.68. The maximum Gasteiger partial charge on any atom is 0.302 e. The number of esters is 1. The normalized spacial score (nSPS) is 13.2. The lowest BCUT2D eigenvalue weighted by Gasteiger charge is -2.43. The van der Waals surface area contributed by atoms with E-state index < -0.39 is 8.32 Å². The molecular formula is C28H38O3Si. The van der Waals surface area contributed by atoms with Crippen molar-refractivity contribution in [3.63, 3.8) is 0 Å². The van der Waals surface area contributed by atoms with Gasteiger partial charge in [-0.05, 0) is 48.2 Å². The molecule has 0 aliphatic heterocycles. The van der Waals surface area contributed by atoms with Gasteiger partial charge in [0.25, 0.3) is 8.32 Å². The van der Waals surface area contributed by atoms with Gasteiger partial charge in [0.15, 0.2) is 0 Å². The van der Waals surface area contributed by atoms with E-state index in [0.29, 0.717) is 13.2 Å². The number of rotatable bonds is 10. The summed E-state index contributed by atoms with van der Waals surface area (Å²) in [6, 6.07) is 21.5. The van der Waals surface area contributed by atoms with E-state index in [4.69, 9.17) is 9.16 Å². The van der Waals surface area contributed by atoms with E-state index in [1.54, 1.807) is 0 Å². The second kappa shape index (κ2) is 12.0. The largest absolute Gasteiger partial charge is 0.462 e. The quantitative estimate of drug-likeness (QED) is 0.261. The van der Waals surface area contributed by atoms with Crippen LogP contribution in [-0.2, 0) is 14.0 Å². The summed E-state index contributed by atoms with van der Waals surface area (Å²) in [4.78, 5) is 10.9. The molecule has 0 unspecified atom stereocenters. The number of carbonyl (C=O) groups excluding carboxylic acids is 1. The Kier molecular flexibility index (Phi) is 9.67. The van der Waals surface area contributed by atoms with Gasteiger partial charge in [0.2, 0.25) is 0 Å². The minimum Gasteiger partial charge on any atom is -0.462 e. The summed E-state index contributed by atoms with van der Waals surface area (Å²) in [5.41, 5.74) is 2.47. The van der Waals surface area contributed by atoms with E-state index in [-0.39, 0.29) is 11.0 Å². The molecule has 2 rings (SSSR count). The monoisotopic (exact) mass is 450 g/mol. The number of benzene rings is 2. The van der Waals surface area contributed by atoms with Crippen LogP contribution in [0.3, 0.4) is 0 Å². The Morgan fingerprint density at radius 2 is 1.38 bits per heavy atom. The van der Waals surface area contributed by atoms with Gasteiger partial charge in [-0.15, -0.1) is 0 Å². The lowest BCUT2D eigenvalue weighted by atomic mass is 10.1. The third-order valence-corrected chi connectivity index (χ3v) is 10.7. The van der Waals surface area contributed by atoms with E-state index in [2.05, 4.69) is 101 Å². The van der Waals surface area contributed by atoms with Crippen LogP contribution in [0.25, 0.3) is 0 Å². The van der Waals surface area contributed by atoms with Gasteiger partial charge in [-0.25, -0.2) is 0 Å². The van der Waals surface area contributed by atoms with Gasteiger partial charge < -0.3 is 9.16 Å². The number of hydrogen-bond acceptors (Lipinski definition) is 3. The van der Waals surface area contributed by atoms with Crippen molar-refractivity contribution in [3.8, 4) is 0 Å². The molecule has 0 N–H and O–H groups in total. The first-order valence-corrected chi connectivity index (χ1v) is 13.3. The summed E-state index contributed by atoms with van der Waals surface area (Å²) < 4.78 is 12.0. The predicted octanol–water partition coefficient (Wildman–Crippen LogP) is 5.80. The summed E-state index contributed by atoms with van der Waals surface area (Å²) in [5, 5.41) is 2.58. The summed E-state index contributed by atoms with van der Waals surface area (Å²) >= 11 is 0. The van der Waals surface area contributed by atoms with Crippen LogP contribution in [0.15, 0.2) is 84.0 Å². The molecule has 32 heavy (non-hydrogen) atoms. The van der Waals surface area contributed by atoms with Crippen molar-refractivity contribution in [2.45, 2.75) is 59.4 Å². The Hall–Kier alpha value is -2.43. The SMILES string of the molecule is CC(=O)OCC=C(C)CCC=C(C)CO[Si](c1ccccc1)(c1ccccc1)C(C)(C)C. The molecule has 0 aromatic heterocycles. The van der Waals surface area contributed by atoms with Crippen LogP contribution in [0.4, 0.5) is 0 Å². The second-order valence-electron chi connectivity index (χ2n) is 9.39. The Morgan fingerprint density at radius 3 is 1.84 bits per heavy atom. The zero-order valence-electron chi connectivity index (χ0n) is 20.5. The van der Waals surface area contributed by atoms with Gasteiger partial charge in [-0.3, -0.25) is 4.79 Å². The molecule has 0 heterocycles. The smallest absolute Gasteiger partial charge is 0.302 e. The molecule has 0 fully saturated rings. The van der Waals surface area contributed by atoms with Crippen LogP contribution in [0.1, 0.15) is 54.4 Å². The molecule has 0 spiro atoms. The molecule has 0 aliphatic carbocycles. The molecule has 0 amide bonds. The molecule has 3 nitrogen and oxygen atoms in total. The molecule has 0 atom stereocenters. The maximum absolute atomic E-state index is 10.9. The van der Waals surface area contributed by atoms with Crippen molar-refractivity contribution in [2.24, 2.45) is 0 Å². The van der Waals surface area contributed by atoms with Crippen LogP contribution >= 0.6 is 0 Å². The summed E-state index contributed by atoms with van der Waals surface area (Å²) in [6.07, 6.45) is 6.13. The minimum absolute atomic E-state index is 0.0218. The van der Waals surface area contributed by atoms with E-state index >= 15 is 0 Å². The average Bonchev–Trinajstić information content (AvgIpc) is 2.74. The highest BCUT2D eigenvalue weighted by Gasteiger charge is 2.50. The first-order chi connectivity index (χ1) is 15.2. The standard InChI is InChI=1S/C28H38O3Si/c1-23(20-21-30-25(3)29)14-13-15-24(2)22-31-32(28(4,5)6,26-16-9-7-10-17-26)27-18-11-8-12-19-27/h7-12,15-20H,13-14,21-22H2,1-6H3. The van der Waals surface area contributed by atoms with Gasteiger partial charge in [0, 0.05) is 6.92 Å². The van der Waals surface area contributed by atoms with Gasteiger partial charge in [-0.2, -0.15) is 0 Å². The van der Waals surface area contributed by atoms with E-state index in [1.165, 1.54) is 28.4 Å². The Bertz CT molecular complexity index is 869. The van der Waals surface area contributed by atoms with E-state index in [0.717, 1.165) is 12.8 Å². The fourth-order valence-electron chi connectivity index (χ4n) is 3.99. The van der Waals surface area contributed by atoms with Crippen LogP contribution < -0.4 is 10.4 Å². The highest BCUT2D eigenvalue weighted by molar-refractivity contribution is 6.99. The van der Waals surface area contributed by atoms with Crippen molar-refractivity contribution in [2.75, 3.05) is 13.2 Å². The molecule has 0 bridgehead atoms. The molecular weight excluding hydrogens is 412 g/mol. The zero-order chi connectivity index (χ0) is 23.6. The van der Waals surface area contributed by atoms with Crippen LogP contribution in [-0.4, -0.2) is 27.5 Å². The Morgan fingerprint density at radius 1 is 0.844 bits per heavy atom. The number of carbonyl (C=O) groups is 1. The molecule has 0 aliphatic rings. The second-order valence-corrected chi connectivity index (χ2v) is 13.7. The van der Waals surface area contributed by atoms with Gasteiger partial charge in [0.05, 0.1) is 6.61 Å². The number of allylic oxidation sites excluding steroid dienone is 2. The summed E-state index contributed by atoms with van der Waals surface area (Å²) in [6.45, 7) is 13.5. The van der Waals surface area contributed by atoms with Crippen LogP contribution in [0.2, 0.25) is 5.04 Å². The van der Waals surface area contributed by atoms with Crippen molar-refractivity contribution in [1.82, 2.24) is 0 Å². The highest BCUT2D eigenvalue weighted by Crippen LogP contribution is 2.37. The van der Waals surface area contributed by atoms with E-state index in [1.807, 2.05) is 6.08 Å². The summed E-state index contributed by atoms with van der Waals surface area (Å²) in [5.74, 6) is -0.245. The number of hydrogen-bond donors (Lipinski definition) is 0. The van der Waals surface area contributed by atoms with E-state index in [9.17, 15) is 4.79 Å². The molecule has 4 heteroatoms. The topological polar surface area (TPSA) is 35.5 Å². The Labute approximate surface area is 195 Å². The molecule has 2 aromatic rings. The first kappa shape index (κ1) is 25.8. The van der Waals surface area contributed by atoms with Crippen molar-refractivity contribution >= 4 is 24.7 Å². The zero-order valence-corrected chi connectivity index (χ0v) is 21.5. The molecule has 0 saturated carbocycles. The summed E-state index contributed by atoms with van der Waals surface area (Å²) in [7, 11) is -2.50. The Balaban J connectivity index is 2.19. The lowest BCUT2D eigenvalue weighted by molar-refractivity contribution is -0.139. The van der Waals surface area contributed by atoms with Crippen molar-refractivity contribution < 1.29 is 14.0 Å². The fraction of sp³-hybridized carbons (Fsp3) is 0.393. The maximum atomic E-state index is 10.9. The van der Waals surface area contributed by atoms with Crippen LogP contribution in [0, 0.1) is 0 Å². The number of ether oxygens (including phenoxy) is 1. The third kappa shape index (κ3) is 7.04. The predicted molar refractivity (Wildman–Crippen MR) is 137 cm³/mol. The molecule has 0 saturated heterocycles. The lowest BCUT2D eigenvalue weighted by Crippen LogP contribution is -2.66. The van der Waals surface area contributed by atoms with Gasteiger partial charge >= 0.3 is 5.97 Å². The highest BCUT2D eigenvalue weighted by atomic mass is 28.4.